The highest BCUT2D eigenvalue weighted by molar-refractivity contribution is 7.99. The molecule has 0 amide bonds. The SMILES string of the molecule is CCCCC(CC)CSC(C)CCCl. The average Bonchev–Trinajstić information content (AvgIpc) is 2.19. The van der Waals surface area contributed by atoms with E-state index in [1.807, 2.05) is 0 Å². The van der Waals surface area contributed by atoms with E-state index in [1.165, 1.54) is 31.4 Å². The Balaban J connectivity index is 3.50. The van der Waals surface area contributed by atoms with Crippen LogP contribution in [0.2, 0.25) is 0 Å². The molecule has 2 heteroatoms. The van der Waals surface area contributed by atoms with Crippen LogP contribution in [-0.2, 0) is 0 Å². The molecule has 0 rings (SSSR count). The normalized spacial score (nSPS) is 15.4. The van der Waals surface area contributed by atoms with Gasteiger partial charge in [-0.15, -0.1) is 11.6 Å². The van der Waals surface area contributed by atoms with E-state index in [1.54, 1.807) is 0 Å². The second-order valence-corrected chi connectivity index (χ2v) is 5.89. The van der Waals surface area contributed by atoms with Gasteiger partial charge in [0.2, 0.25) is 0 Å². The van der Waals surface area contributed by atoms with Gasteiger partial charge in [-0.2, -0.15) is 11.8 Å². The number of unbranched alkanes of at least 4 members (excludes halogenated alkanes) is 1. The van der Waals surface area contributed by atoms with Crippen molar-refractivity contribution in [3.63, 3.8) is 0 Å². The van der Waals surface area contributed by atoms with Crippen LogP contribution in [0.15, 0.2) is 0 Å². The lowest BCUT2D eigenvalue weighted by Gasteiger charge is -2.16. The molecule has 0 aliphatic carbocycles. The third kappa shape index (κ3) is 7.99. The number of hydrogen-bond acceptors (Lipinski definition) is 1. The monoisotopic (exact) mass is 236 g/mol. The molecule has 14 heavy (non-hydrogen) atoms. The average molecular weight is 237 g/mol. The van der Waals surface area contributed by atoms with Gasteiger partial charge in [0, 0.05) is 11.1 Å². The van der Waals surface area contributed by atoms with Crippen LogP contribution in [0.3, 0.4) is 0 Å². The van der Waals surface area contributed by atoms with Gasteiger partial charge in [0.25, 0.3) is 0 Å². The van der Waals surface area contributed by atoms with Gasteiger partial charge in [0.1, 0.15) is 0 Å². The van der Waals surface area contributed by atoms with Crippen molar-refractivity contribution in [1.29, 1.82) is 0 Å². The summed E-state index contributed by atoms with van der Waals surface area (Å²) in [7, 11) is 0. The van der Waals surface area contributed by atoms with Crippen molar-refractivity contribution < 1.29 is 0 Å². The van der Waals surface area contributed by atoms with Crippen molar-refractivity contribution in [2.45, 2.75) is 58.1 Å². The number of hydrogen-bond donors (Lipinski definition) is 0. The maximum Gasteiger partial charge on any atom is 0.0233 e. The van der Waals surface area contributed by atoms with Gasteiger partial charge < -0.3 is 0 Å². The summed E-state index contributed by atoms with van der Waals surface area (Å²) in [5.41, 5.74) is 0. The smallest absolute Gasteiger partial charge is 0.0233 e. The van der Waals surface area contributed by atoms with Crippen LogP contribution in [0, 0.1) is 5.92 Å². The van der Waals surface area contributed by atoms with E-state index in [0.717, 1.165) is 23.5 Å². The molecule has 0 saturated carbocycles. The minimum atomic E-state index is 0.739. The fourth-order valence-corrected chi connectivity index (χ4v) is 3.18. The Labute approximate surface area is 99.2 Å². The predicted molar refractivity (Wildman–Crippen MR) is 70.6 cm³/mol. The summed E-state index contributed by atoms with van der Waals surface area (Å²) in [5.74, 6) is 3.06. The Morgan fingerprint density at radius 3 is 2.43 bits per heavy atom. The van der Waals surface area contributed by atoms with E-state index < -0.39 is 0 Å². The van der Waals surface area contributed by atoms with E-state index in [2.05, 4.69) is 32.5 Å². The van der Waals surface area contributed by atoms with E-state index >= 15 is 0 Å². The number of rotatable bonds is 9. The fraction of sp³-hybridized carbons (Fsp3) is 1.00. The molecule has 0 N–H and O–H groups in total. The molecule has 0 saturated heterocycles. The first-order valence-electron chi connectivity index (χ1n) is 5.92. The summed E-state index contributed by atoms with van der Waals surface area (Å²) < 4.78 is 0. The first kappa shape index (κ1) is 14.6. The van der Waals surface area contributed by atoms with Gasteiger partial charge in [-0.3, -0.25) is 0 Å². The first-order valence-corrected chi connectivity index (χ1v) is 7.50. The van der Waals surface area contributed by atoms with Crippen LogP contribution in [0.4, 0.5) is 0 Å². The Hall–Kier alpha value is 0.640. The molecule has 0 spiro atoms. The minimum absolute atomic E-state index is 0.739. The highest BCUT2D eigenvalue weighted by Gasteiger charge is 2.08. The van der Waals surface area contributed by atoms with Crippen molar-refractivity contribution in [3.8, 4) is 0 Å². The van der Waals surface area contributed by atoms with Crippen molar-refractivity contribution in [2.24, 2.45) is 5.92 Å². The molecular weight excluding hydrogens is 212 g/mol. The van der Waals surface area contributed by atoms with Gasteiger partial charge in [-0.25, -0.2) is 0 Å². The lowest BCUT2D eigenvalue weighted by Crippen LogP contribution is -2.06. The Morgan fingerprint density at radius 2 is 1.93 bits per heavy atom. The minimum Gasteiger partial charge on any atom is -0.159 e. The van der Waals surface area contributed by atoms with Crippen molar-refractivity contribution in [3.05, 3.63) is 0 Å². The second kappa shape index (κ2) is 10.2. The fourth-order valence-electron chi connectivity index (χ4n) is 1.44. The van der Waals surface area contributed by atoms with Gasteiger partial charge in [-0.05, 0) is 24.5 Å². The molecule has 0 fully saturated rings. The standard InChI is InChI=1S/C12H25ClS/c1-4-6-7-12(5-2)10-14-11(3)8-9-13/h11-12H,4-10H2,1-3H3. The molecule has 0 aromatic heterocycles. The molecule has 0 nitrogen and oxygen atoms in total. The highest BCUT2D eigenvalue weighted by atomic mass is 35.5. The molecule has 0 bridgehead atoms. The summed E-state index contributed by atoms with van der Waals surface area (Å²) in [6, 6.07) is 0. The van der Waals surface area contributed by atoms with Crippen LogP contribution < -0.4 is 0 Å². The van der Waals surface area contributed by atoms with Crippen LogP contribution in [0.5, 0.6) is 0 Å². The van der Waals surface area contributed by atoms with Crippen molar-refractivity contribution in [1.82, 2.24) is 0 Å². The molecular formula is C12H25ClS. The molecule has 86 valence electrons. The number of halogens is 1. The molecule has 0 aromatic rings. The topological polar surface area (TPSA) is 0 Å². The third-order valence-corrected chi connectivity index (χ3v) is 4.36. The quantitative estimate of drug-likeness (QED) is 0.511. The lowest BCUT2D eigenvalue weighted by molar-refractivity contribution is 0.499. The molecule has 0 radical (unpaired) electrons. The van der Waals surface area contributed by atoms with Crippen LogP contribution in [0.25, 0.3) is 0 Å². The zero-order valence-corrected chi connectivity index (χ0v) is 11.5. The molecule has 2 atom stereocenters. The highest BCUT2D eigenvalue weighted by Crippen LogP contribution is 2.23. The zero-order chi connectivity index (χ0) is 10.8. The van der Waals surface area contributed by atoms with E-state index in [9.17, 15) is 0 Å². The molecule has 0 aliphatic heterocycles. The van der Waals surface area contributed by atoms with E-state index in [4.69, 9.17) is 11.6 Å². The van der Waals surface area contributed by atoms with Crippen LogP contribution in [0.1, 0.15) is 52.9 Å². The Kier molecular flexibility index (Phi) is 10.6. The van der Waals surface area contributed by atoms with Gasteiger partial charge >= 0.3 is 0 Å². The van der Waals surface area contributed by atoms with Crippen molar-refractivity contribution >= 4 is 23.4 Å². The molecule has 0 aromatic carbocycles. The maximum atomic E-state index is 5.72. The van der Waals surface area contributed by atoms with Crippen LogP contribution in [-0.4, -0.2) is 16.9 Å². The Bertz CT molecular complexity index is 117. The zero-order valence-electron chi connectivity index (χ0n) is 9.89. The summed E-state index contributed by atoms with van der Waals surface area (Å²) in [4.78, 5) is 0. The summed E-state index contributed by atoms with van der Waals surface area (Å²) in [5, 5.41) is 0.739. The van der Waals surface area contributed by atoms with Gasteiger partial charge in [-0.1, -0.05) is 40.0 Å². The Morgan fingerprint density at radius 1 is 1.21 bits per heavy atom. The largest absolute Gasteiger partial charge is 0.159 e. The second-order valence-electron chi connectivity index (χ2n) is 4.04. The summed E-state index contributed by atoms with van der Waals surface area (Å²) >= 11 is 7.82. The lowest BCUT2D eigenvalue weighted by atomic mass is 10.0. The van der Waals surface area contributed by atoms with Gasteiger partial charge in [0.15, 0.2) is 0 Å². The third-order valence-electron chi connectivity index (χ3n) is 2.68. The first-order chi connectivity index (χ1) is 6.74. The number of thioether (sulfide) groups is 1. The number of alkyl halides is 1. The maximum absolute atomic E-state index is 5.72. The molecule has 2 unspecified atom stereocenters. The van der Waals surface area contributed by atoms with Crippen molar-refractivity contribution in [2.75, 3.05) is 11.6 Å². The van der Waals surface area contributed by atoms with E-state index in [0.29, 0.717) is 0 Å². The van der Waals surface area contributed by atoms with Gasteiger partial charge in [0.05, 0.1) is 0 Å². The summed E-state index contributed by atoms with van der Waals surface area (Å²) in [6.07, 6.45) is 6.62. The molecule has 0 heterocycles. The van der Waals surface area contributed by atoms with E-state index in [-0.39, 0.29) is 0 Å². The predicted octanol–water partition coefficient (Wildman–Crippen LogP) is 4.95. The van der Waals surface area contributed by atoms with Crippen LogP contribution >= 0.6 is 23.4 Å². The molecule has 0 aliphatic rings. The summed E-state index contributed by atoms with van der Waals surface area (Å²) in [6.45, 7) is 6.88.